The summed E-state index contributed by atoms with van der Waals surface area (Å²) in [5.41, 5.74) is 6.47. The van der Waals surface area contributed by atoms with Crippen LogP contribution < -0.4 is 11.1 Å². The number of hydrogen-bond acceptors (Lipinski definition) is 3. The summed E-state index contributed by atoms with van der Waals surface area (Å²) in [6, 6.07) is 4.19. The van der Waals surface area contributed by atoms with Gasteiger partial charge in [-0.1, -0.05) is 18.5 Å². The van der Waals surface area contributed by atoms with Crippen LogP contribution in [0.3, 0.4) is 0 Å². The molecule has 1 rings (SSSR count). The van der Waals surface area contributed by atoms with Gasteiger partial charge in [0.25, 0.3) is 5.91 Å². The summed E-state index contributed by atoms with van der Waals surface area (Å²) in [4.78, 5) is 25.0. The second-order valence-corrected chi connectivity index (χ2v) is 4.81. The third-order valence-electron chi connectivity index (χ3n) is 2.65. The van der Waals surface area contributed by atoms with Crippen molar-refractivity contribution in [3.8, 4) is 0 Å². The van der Waals surface area contributed by atoms with E-state index in [0.29, 0.717) is 22.7 Å². The first-order valence-corrected chi connectivity index (χ1v) is 6.32. The largest absolute Gasteiger partial charge is 0.345 e. The first kappa shape index (κ1) is 18.7. The molecule has 0 spiro atoms. The highest BCUT2D eigenvalue weighted by Gasteiger charge is 2.15. The van der Waals surface area contributed by atoms with Crippen molar-refractivity contribution in [1.82, 2.24) is 4.90 Å². The summed E-state index contributed by atoms with van der Waals surface area (Å²) in [5.74, 6) is -0.506. The molecular formula is C13H19Cl2N3O2. The lowest BCUT2D eigenvalue weighted by Crippen LogP contribution is -2.34. The van der Waals surface area contributed by atoms with Crippen molar-refractivity contribution >= 4 is 41.5 Å². The first-order chi connectivity index (χ1) is 8.86. The van der Waals surface area contributed by atoms with Gasteiger partial charge in [-0.15, -0.1) is 12.4 Å². The van der Waals surface area contributed by atoms with Crippen LogP contribution in [0.5, 0.6) is 0 Å². The molecule has 0 bridgehead atoms. The van der Waals surface area contributed by atoms with Crippen LogP contribution in [-0.4, -0.2) is 36.9 Å². The van der Waals surface area contributed by atoms with Crippen LogP contribution in [0.25, 0.3) is 0 Å². The molecule has 2 amide bonds. The van der Waals surface area contributed by atoms with Gasteiger partial charge in [-0.2, -0.15) is 0 Å². The van der Waals surface area contributed by atoms with Gasteiger partial charge < -0.3 is 16.0 Å². The number of nitrogens with zero attached hydrogens (tertiary/aromatic N) is 1. The normalized spacial score (nSPS) is 11.2. The highest BCUT2D eigenvalue weighted by atomic mass is 35.5. The fourth-order valence-electron chi connectivity index (χ4n) is 1.43. The third-order valence-corrected chi connectivity index (χ3v) is 2.98. The molecule has 0 saturated heterocycles. The van der Waals surface area contributed by atoms with Crippen molar-refractivity contribution in [3.63, 3.8) is 0 Å². The van der Waals surface area contributed by atoms with Gasteiger partial charge in [0.1, 0.15) is 0 Å². The predicted molar refractivity (Wildman–Crippen MR) is 83.6 cm³/mol. The lowest BCUT2D eigenvalue weighted by molar-refractivity contribution is -0.117. The SMILES string of the molecule is CC[C@H](N)C(=O)Nc1ccc(Cl)c(C(=O)N(C)C)c1.Cl. The Bertz CT molecular complexity index is 493. The van der Waals surface area contributed by atoms with E-state index in [0.717, 1.165) is 0 Å². The minimum atomic E-state index is -0.566. The molecule has 0 unspecified atom stereocenters. The predicted octanol–water partition coefficient (Wildman–Crippen LogP) is 2.14. The Morgan fingerprint density at radius 2 is 2.00 bits per heavy atom. The van der Waals surface area contributed by atoms with E-state index in [-0.39, 0.29) is 24.2 Å². The number of amides is 2. The van der Waals surface area contributed by atoms with E-state index in [1.807, 2.05) is 6.92 Å². The van der Waals surface area contributed by atoms with Crippen molar-refractivity contribution in [2.75, 3.05) is 19.4 Å². The first-order valence-electron chi connectivity index (χ1n) is 5.94. The van der Waals surface area contributed by atoms with E-state index in [1.165, 1.54) is 4.90 Å². The van der Waals surface area contributed by atoms with Gasteiger partial charge in [-0.25, -0.2) is 0 Å². The molecule has 7 heteroatoms. The van der Waals surface area contributed by atoms with E-state index >= 15 is 0 Å². The van der Waals surface area contributed by atoms with E-state index in [2.05, 4.69) is 5.32 Å². The molecule has 1 atom stereocenters. The number of anilines is 1. The Balaban J connectivity index is 0.00000361. The van der Waals surface area contributed by atoms with Crippen molar-refractivity contribution in [3.05, 3.63) is 28.8 Å². The zero-order chi connectivity index (χ0) is 14.6. The minimum absolute atomic E-state index is 0. The highest BCUT2D eigenvalue weighted by molar-refractivity contribution is 6.34. The molecule has 5 nitrogen and oxygen atoms in total. The molecule has 20 heavy (non-hydrogen) atoms. The minimum Gasteiger partial charge on any atom is -0.345 e. The Labute approximate surface area is 129 Å². The van der Waals surface area contributed by atoms with E-state index in [4.69, 9.17) is 17.3 Å². The quantitative estimate of drug-likeness (QED) is 0.892. The molecule has 0 fully saturated rings. The Kier molecular flexibility index (Phi) is 7.57. The van der Waals surface area contributed by atoms with Crippen molar-refractivity contribution < 1.29 is 9.59 Å². The van der Waals surface area contributed by atoms with Gasteiger partial charge in [0, 0.05) is 19.8 Å². The van der Waals surface area contributed by atoms with Crippen molar-refractivity contribution in [2.45, 2.75) is 19.4 Å². The average Bonchev–Trinajstić information content (AvgIpc) is 2.38. The maximum atomic E-state index is 11.9. The number of carbonyl (C=O) groups is 2. The molecule has 0 aliphatic carbocycles. The zero-order valence-corrected chi connectivity index (χ0v) is 13.2. The van der Waals surface area contributed by atoms with Gasteiger partial charge in [0.05, 0.1) is 16.6 Å². The lowest BCUT2D eigenvalue weighted by Gasteiger charge is -2.14. The monoisotopic (exact) mass is 319 g/mol. The smallest absolute Gasteiger partial charge is 0.254 e. The summed E-state index contributed by atoms with van der Waals surface area (Å²) < 4.78 is 0. The lowest BCUT2D eigenvalue weighted by atomic mass is 10.1. The number of rotatable bonds is 4. The Hall–Kier alpha value is -1.30. The topological polar surface area (TPSA) is 75.4 Å². The van der Waals surface area contributed by atoms with E-state index < -0.39 is 6.04 Å². The number of benzene rings is 1. The molecule has 0 heterocycles. The molecule has 0 aliphatic rings. The van der Waals surface area contributed by atoms with Crippen LogP contribution in [0, 0.1) is 0 Å². The molecule has 0 aliphatic heterocycles. The third kappa shape index (κ3) is 4.67. The standard InChI is InChI=1S/C13H18ClN3O2.ClH/c1-4-11(15)12(18)16-8-5-6-10(14)9(7-8)13(19)17(2)3;/h5-7,11H,4,15H2,1-3H3,(H,16,18);1H/t11-;/m0./s1. The summed E-state index contributed by atoms with van der Waals surface area (Å²) in [6.45, 7) is 1.83. The summed E-state index contributed by atoms with van der Waals surface area (Å²) in [7, 11) is 3.27. The highest BCUT2D eigenvalue weighted by Crippen LogP contribution is 2.21. The van der Waals surface area contributed by atoms with Crippen molar-refractivity contribution in [1.29, 1.82) is 0 Å². The molecule has 1 aromatic carbocycles. The van der Waals surface area contributed by atoms with Crippen LogP contribution in [0.1, 0.15) is 23.7 Å². The van der Waals surface area contributed by atoms with Crippen LogP contribution in [0.4, 0.5) is 5.69 Å². The summed E-state index contributed by atoms with van der Waals surface area (Å²) in [6.07, 6.45) is 0.545. The van der Waals surface area contributed by atoms with E-state index in [1.54, 1.807) is 32.3 Å². The van der Waals surface area contributed by atoms with Gasteiger partial charge in [-0.3, -0.25) is 9.59 Å². The van der Waals surface area contributed by atoms with Crippen LogP contribution in [0.15, 0.2) is 18.2 Å². The molecule has 0 radical (unpaired) electrons. The fraction of sp³-hybridized carbons (Fsp3) is 0.385. The Morgan fingerprint density at radius 1 is 1.40 bits per heavy atom. The molecule has 0 aromatic heterocycles. The molecule has 3 N–H and O–H groups in total. The van der Waals surface area contributed by atoms with Crippen LogP contribution in [-0.2, 0) is 4.79 Å². The van der Waals surface area contributed by atoms with Gasteiger partial charge in [-0.05, 0) is 24.6 Å². The van der Waals surface area contributed by atoms with Gasteiger partial charge in [0.2, 0.25) is 5.91 Å². The maximum Gasteiger partial charge on any atom is 0.254 e. The second kappa shape index (κ2) is 8.09. The van der Waals surface area contributed by atoms with E-state index in [9.17, 15) is 9.59 Å². The summed E-state index contributed by atoms with van der Waals surface area (Å²) >= 11 is 5.98. The molecular weight excluding hydrogens is 301 g/mol. The second-order valence-electron chi connectivity index (χ2n) is 4.40. The number of halogens is 2. The Morgan fingerprint density at radius 3 is 2.50 bits per heavy atom. The number of carbonyl (C=O) groups excluding carboxylic acids is 2. The average molecular weight is 320 g/mol. The number of nitrogens with two attached hydrogens (primary N) is 1. The van der Waals surface area contributed by atoms with Crippen LogP contribution in [0.2, 0.25) is 5.02 Å². The number of nitrogens with one attached hydrogen (secondary N) is 1. The number of hydrogen-bond donors (Lipinski definition) is 2. The molecule has 0 saturated carbocycles. The van der Waals surface area contributed by atoms with Crippen LogP contribution >= 0.6 is 24.0 Å². The van der Waals surface area contributed by atoms with Gasteiger partial charge in [0.15, 0.2) is 0 Å². The molecule has 1 aromatic rings. The van der Waals surface area contributed by atoms with Gasteiger partial charge >= 0.3 is 0 Å². The fourth-order valence-corrected chi connectivity index (χ4v) is 1.63. The summed E-state index contributed by atoms with van der Waals surface area (Å²) in [5, 5.41) is 3.00. The molecule has 112 valence electrons. The zero-order valence-electron chi connectivity index (χ0n) is 11.6. The van der Waals surface area contributed by atoms with Crippen molar-refractivity contribution in [2.24, 2.45) is 5.73 Å². The maximum absolute atomic E-state index is 11.9.